The highest BCUT2D eigenvalue weighted by atomic mass is 16.5. The first-order chi connectivity index (χ1) is 12.3. The van der Waals surface area contributed by atoms with E-state index in [1.54, 1.807) is 7.11 Å². The summed E-state index contributed by atoms with van der Waals surface area (Å²) in [5, 5.41) is 7.19. The SMILES string of the molecule is CN=C(NCCc1ccccc1OC)NC1C2CCOC2C12CCC2. The van der Waals surface area contributed by atoms with Crippen LogP contribution in [0.5, 0.6) is 5.75 Å². The Morgan fingerprint density at radius 3 is 2.92 bits per heavy atom. The Kier molecular flexibility index (Phi) is 4.59. The smallest absolute Gasteiger partial charge is 0.191 e. The molecule has 0 amide bonds. The van der Waals surface area contributed by atoms with E-state index in [9.17, 15) is 0 Å². The van der Waals surface area contributed by atoms with Crippen molar-refractivity contribution in [2.24, 2.45) is 16.3 Å². The van der Waals surface area contributed by atoms with E-state index in [4.69, 9.17) is 9.47 Å². The lowest BCUT2D eigenvalue weighted by Crippen LogP contribution is -2.72. The number of para-hydroxylation sites is 1. The highest BCUT2D eigenvalue weighted by Crippen LogP contribution is 2.62. The fraction of sp³-hybridized carbons (Fsp3) is 0.650. The van der Waals surface area contributed by atoms with Crippen molar-refractivity contribution in [2.75, 3.05) is 27.3 Å². The zero-order valence-electron chi connectivity index (χ0n) is 15.3. The Morgan fingerprint density at radius 2 is 2.20 bits per heavy atom. The van der Waals surface area contributed by atoms with Crippen LogP contribution >= 0.6 is 0 Å². The molecule has 3 fully saturated rings. The molecule has 3 aliphatic rings. The van der Waals surface area contributed by atoms with E-state index in [0.29, 0.717) is 23.5 Å². The third-order valence-electron chi connectivity index (χ3n) is 6.43. The van der Waals surface area contributed by atoms with Gasteiger partial charge in [0.2, 0.25) is 0 Å². The molecular weight excluding hydrogens is 314 g/mol. The summed E-state index contributed by atoms with van der Waals surface area (Å²) in [5.41, 5.74) is 1.60. The van der Waals surface area contributed by atoms with Crippen molar-refractivity contribution in [1.29, 1.82) is 0 Å². The van der Waals surface area contributed by atoms with E-state index in [2.05, 4.69) is 27.8 Å². The number of hydrogen-bond acceptors (Lipinski definition) is 3. The second-order valence-corrected chi connectivity index (χ2v) is 7.51. The van der Waals surface area contributed by atoms with Gasteiger partial charge in [-0.05, 0) is 37.3 Å². The van der Waals surface area contributed by atoms with Gasteiger partial charge in [0.15, 0.2) is 5.96 Å². The summed E-state index contributed by atoms with van der Waals surface area (Å²) < 4.78 is 11.4. The molecule has 3 atom stereocenters. The number of hydrogen-bond donors (Lipinski definition) is 2. The van der Waals surface area contributed by atoms with Gasteiger partial charge >= 0.3 is 0 Å². The summed E-state index contributed by atoms with van der Waals surface area (Å²) >= 11 is 0. The molecule has 5 heteroatoms. The number of nitrogens with one attached hydrogen (secondary N) is 2. The maximum absolute atomic E-state index is 6.01. The quantitative estimate of drug-likeness (QED) is 0.637. The van der Waals surface area contributed by atoms with Crippen molar-refractivity contribution in [2.45, 2.75) is 44.2 Å². The first kappa shape index (κ1) is 16.7. The van der Waals surface area contributed by atoms with Gasteiger partial charge in [0, 0.05) is 37.6 Å². The summed E-state index contributed by atoms with van der Waals surface area (Å²) in [6.07, 6.45) is 6.52. The molecule has 4 rings (SSSR count). The van der Waals surface area contributed by atoms with Gasteiger partial charge in [-0.3, -0.25) is 4.99 Å². The Labute approximate surface area is 150 Å². The van der Waals surface area contributed by atoms with E-state index >= 15 is 0 Å². The predicted molar refractivity (Wildman–Crippen MR) is 99.1 cm³/mol. The summed E-state index contributed by atoms with van der Waals surface area (Å²) in [7, 11) is 3.58. The molecule has 2 saturated carbocycles. The standard InChI is InChI=1S/C20H29N3O2/c1-21-19(22-12-8-14-6-3-4-7-16(14)24-2)23-17-15-9-13-25-18(15)20(17)10-5-11-20/h3-4,6-7,15,17-18H,5,8-13H2,1-2H3,(H2,21,22,23). The van der Waals surface area contributed by atoms with E-state index in [-0.39, 0.29) is 0 Å². The molecule has 136 valence electrons. The van der Waals surface area contributed by atoms with Crippen LogP contribution in [-0.2, 0) is 11.2 Å². The molecule has 3 unspecified atom stereocenters. The molecule has 1 spiro atoms. The second-order valence-electron chi connectivity index (χ2n) is 7.51. The monoisotopic (exact) mass is 343 g/mol. The minimum Gasteiger partial charge on any atom is -0.496 e. The lowest BCUT2D eigenvalue weighted by molar-refractivity contribution is -0.171. The number of rotatable bonds is 5. The molecular formula is C20H29N3O2. The normalized spacial score (nSPS) is 29.5. The molecule has 0 aromatic heterocycles. The van der Waals surface area contributed by atoms with Crippen molar-refractivity contribution in [3.05, 3.63) is 29.8 Å². The fourth-order valence-electron chi connectivity index (χ4n) is 5.02. The van der Waals surface area contributed by atoms with Crippen LogP contribution in [0.1, 0.15) is 31.2 Å². The number of benzene rings is 1. The number of nitrogens with zero attached hydrogens (tertiary/aromatic N) is 1. The van der Waals surface area contributed by atoms with Gasteiger partial charge < -0.3 is 20.1 Å². The topological polar surface area (TPSA) is 54.9 Å². The molecule has 2 aliphatic carbocycles. The van der Waals surface area contributed by atoms with Gasteiger partial charge in [-0.25, -0.2) is 0 Å². The molecule has 0 radical (unpaired) electrons. The molecule has 25 heavy (non-hydrogen) atoms. The fourth-order valence-corrected chi connectivity index (χ4v) is 5.02. The van der Waals surface area contributed by atoms with Gasteiger partial charge in [0.1, 0.15) is 5.75 Å². The van der Waals surface area contributed by atoms with Crippen molar-refractivity contribution >= 4 is 5.96 Å². The Hall–Kier alpha value is -1.75. The molecule has 1 aromatic rings. The van der Waals surface area contributed by atoms with Gasteiger partial charge in [0.25, 0.3) is 0 Å². The van der Waals surface area contributed by atoms with Crippen LogP contribution in [0.25, 0.3) is 0 Å². The highest BCUT2D eigenvalue weighted by molar-refractivity contribution is 5.80. The largest absolute Gasteiger partial charge is 0.496 e. The third-order valence-corrected chi connectivity index (χ3v) is 6.43. The first-order valence-electron chi connectivity index (χ1n) is 9.49. The van der Waals surface area contributed by atoms with Crippen molar-refractivity contribution < 1.29 is 9.47 Å². The zero-order chi connectivity index (χ0) is 17.3. The minimum atomic E-state index is 0.376. The lowest BCUT2D eigenvalue weighted by atomic mass is 9.46. The highest BCUT2D eigenvalue weighted by Gasteiger charge is 2.66. The summed E-state index contributed by atoms with van der Waals surface area (Å²) in [4.78, 5) is 4.44. The van der Waals surface area contributed by atoms with Crippen LogP contribution in [0.2, 0.25) is 0 Å². The predicted octanol–water partition coefficient (Wildman–Crippen LogP) is 2.36. The Morgan fingerprint density at radius 1 is 1.36 bits per heavy atom. The van der Waals surface area contributed by atoms with Crippen molar-refractivity contribution in [3.63, 3.8) is 0 Å². The average Bonchev–Trinajstić information content (AvgIpc) is 3.02. The summed E-state index contributed by atoms with van der Waals surface area (Å²) in [6, 6.07) is 8.71. The Balaban J connectivity index is 1.33. The Bertz CT molecular complexity index is 642. The van der Waals surface area contributed by atoms with E-state index in [0.717, 1.165) is 31.3 Å². The minimum absolute atomic E-state index is 0.376. The number of methoxy groups -OCH3 is 1. The maximum Gasteiger partial charge on any atom is 0.191 e. The third kappa shape index (κ3) is 2.78. The van der Waals surface area contributed by atoms with E-state index in [1.165, 1.54) is 31.2 Å². The van der Waals surface area contributed by atoms with Crippen LogP contribution in [-0.4, -0.2) is 45.4 Å². The van der Waals surface area contributed by atoms with Crippen molar-refractivity contribution in [3.8, 4) is 5.75 Å². The molecule has 5 nitrogen and oxygen atoms in total. The summed E-state index contributed by atoms with van der Waals surface area (Å²) in [6.45, 7) is 1.76. The molecule has 1 saturated heterocycles. The lowest BCUT2D eigenvalue weighted by Gasteiger charge is -2.63. The average molecular weight is 343 g/mol. The van der Waals surface area contributed by atoms with Crippen LogP contribution in [0.3, 0.4) is 0 Å². The zero-order valence-corrected chi connectivity index (χ0v) is 15.3. The molecule has 1 heterocycles. The van der Waals surface area contributed by atoms with Crippen LogP contribution < -0.4 is 15.4 Å². The van der Waals surface area contributed by atoms with Gasteiger partial charge in [-0.2, -0.15) is 0 Å². The molecule has 1 aliphatic heterocycles. The molecule has 2 N–H and O–H groups in total. The van der Waals surface area contributed by atoms with Crippen LogP contribution in [0, 0.1) is 11.3 Å². The van der Waals surface area contributed by atoms with Gasteiger partial charge in [-0.15, -0.1) is 0 Å². The van der Waals surface area contributed by atoms with Crippen LogP contribution in [0.4, 0.5) is 0 Å². The maximum atomic E-state index is 6.01. The molecule has 1 aromatic carbocycles. The number of fused-ring (bicyclic) bond motifs is 2. The van der Waals surface area contributed by atoms with E-state index < -0.39 is 0 Å². The number of guanidine groups is 1. The van der Waals surface area contributed by atoms with Gasteiger partial charge in [0.05, 0.1) is 13.2 Å². The van der Waals surface area contributed by atoms with Crippen molar-refractivity contribution in [1.82, 2.24) is 10.6 Å². The molecule has 0 bridgehead atoms. The number of ether oxygens (including phenoxy) is 2. The second kappa shape index (κ2) is 6.87. The van der Waals surface area contributed by atoms with E-state index in [1.807, 2.05) is 19.2 Å². The van der Waals surface area contributed by atoms with Gasteiger partial charge in [-0.1, -0.05) is 24.6 Å². The number of aliphatic imine (C=N–C) groups is 1. The van der Waals surface area contributed by atoms with Crippen LogP contribution in [0.15, 0.2) is 29.3 Å². The summed E-state index contributed by atoms with van der Waals surface area (Å²) in [5.74, 6) is 2.52. The first-order valence-corrected chi connectivity index (χ1v) is 9.49.